The van der Waals surface area contributed by atoms with E-state index in [1.807, 2.05) is 0 Å². The van der Waals surface area contributed by atoms with Gasteiger partial charge in [-0.2, -0.15) is 0 Å². The van der Waals surface area contributed by atoms with Gasteiger partial charge in [0.1, 0.15) is 5.76 Å². The summed E-state index contributed by atoms with van der Waals surface area (Å²) in [5.41, 5.74) is -0.0369. The molecule has 0 aromatic carbocycles. The lowest BCUT2D eigenvalue weighted by Gasteiger charge is -2.36. The number of halogens is 1. The van der Waals surface area contributed by atoms with Gasteiger partial charge in [0, 0.05) is 9.90 Å². The van der Waals surface area contributed by atoms with E-state index in [2.05, 4.69) is 36.7 Å². The van der Waals surface area contributed by atoms with Crippen LogP contribution in [-0.4, -0.2) is 13.2 Å². The Bertz CT molecular complexity index is 464. The molecule has 116 valence electrons. The number of allylic oxidation sites excluding steroid dienone is 2. The molecule has 2 aliphatic rings. The summed E-state index contributed by atoms with van der Waals surface area (Å²) < 4.78 is 30.0. The van der Waals surface area contributed by atoms with Crippen molar-refractivity contribution in [3.8, 4) is 0 Å². The maximum atomic E-state index is 12.6. The quantitative estimate of drug-likeness (QED) is 0.602. The van der Waals surface area contributed by atoms with Gasteiger partial charge in [-0.05, 0) is 38.0 Å². The van der Waals surface area contributed by atoms with Crippen molar-refractivity contribution >= 4 is 23.8 Å². The number of hydrogen-bond donors (Lipinski definition) is 0. The number of rotatable bonds is 6. The molecule has 0 amide bonds. The summed E-state index contributed by atoms with van der Waals surface area (Å²) in [7, 11) is -3.52. The molecule has 2 bridgehead atoms. The van der Waals surface area contributed by atoms with Gasteiger partial charge in [-0.3, -0.25) is 9.05 Å². The van der Waals surface area contributed by atoms with Crippen molar-refractivity contribution in [3.63, 3.8) is 0 Å². The molecule has 0 N–H and O–H groups in total. The van der Waals surface area contributed by atoms with Crippen LogP contribution >= 0.6 is 23.8 Å². The van der Waals surface area contributed by atoms with E-state index in [1.165, 1.54) is 0 Å². The Morgan fingerprint density at radius 1 is 1.25 bits per heavy atom. The minimum absolute atomic E-state index is 0.0877. The number of phosphoric acid groups is 1. The van der Waals surface area contributed by atoms with Crippen LogP contribution in [0, 0.1) is 16.7 Å². The topological polar surface area (TPSA) is 44.8 Å². The van der Waals surface area contributed by atoms with Crippen LogP contribution in [0.4, 0.5) is 0 Å². The Kier molecular flexibility index (Phi) is 4.48. The van der Waals surface area contributed by atoms with E-state index in [0.717, 1.165) is 23.1 Å². The fourth-order valence-electron chi connectivity index (χ4n) is 3.43. The first kappa shape index (κ1) is 16.5. The number of phosphoric ester groups is 1. The van der Waals surface area contributed by atoms with E-state index in [9.17, 15) is 4.57 Å². The highest BCUT2D eigenvalue weighted by Gasteiger charge is 2.62. The van der Waals surface area contributed by atoms with E-state index >= 15 is 0 Å². The Labute approximate surface area is 130 Å². The molecule has 4 nitrogen and oxygen atoms in total. The van der Waals surface area contributed by atoms with Gasteiger partial charge >= 0.3 is 7.82 Å². The normalized spacial score (nSPS) is 32.0. The summed E-state index contributed by atoms with van der Waals surface area (Å²) in [4.78, 5) is 0. The molecule has 1 saturated carbocycles. The monoisotopic (exact) mass is 366 g/mol. The maximum Gasteiger partial charge on any atom is 0.529 e. The molecule has 6 heteroatoms. The SMILES string of the molecule is CCOP(=O)(OCC)OC1=C(Br)[C@H]2CC[C@]1(C)C2(C)C. The lowest BCUT2D eigenvalue weighted by atomic mass is 9.70. The van der Waals surface area contributed by atoms with Gasteiger partial charge < -0.3 is 4.52 Å². The average molecular weight is 367 g/mol. The fourth-order valence-corrected chi connectivity index (χ4v) is 6.22. The molecule has 0 saturated heterocycles. The fraction of sp³-hybridized carbons (Fsp3) is 0.857. The third-order valence-electron chi connectivity index (χ3n) is 5.03. The summed E-state index contributed by atoms with van der Waals surface area (Å²) in [6, 6.07) is 0. The molecular formula is C14H24BrO4P. The standard InChI is InChI=1S/C14H24BrO4P/c1-6-17-20(16,18-7-2)19-12-11(15)10-8-9-14(12,5)13(10,3)4/h10H,6-9H2,1-5H3/t10-,14+/m1/s1. The van der Waals surface area contributed by atoms with Crippen LogP contribution < -0.4 is 0 Å². The lowest BCUT2D eigenvalue weighted by molar-refractivity contribution is 0.0909. The molecule has 0 spiro atoms. The molecule has 0 aliphatic heterocycles. The largest absolute Gasteiger partial charge is 0.529 e. The van der Waals surface area contributed by atoms with Crippen LogP contribution in [0.25, 0.3) is 0 Å². The number of hydrogen-bond acceptors (Lipinski definition) is 4. The Hall–Kier alpha value is 0.170. The molecule has 0 radical (unpaired) electrons. The van der Waals surface area contributed by atoms with Crippen molar-refractivity contribution in [3.05, 3.63) is 10.2 Å². The van der Waals surface area contributed by atoms with Crippen molar-refractivity contribution in [2.75, 3.05) is 13.2 Å². The van der Waals surface area contributed by atoms with Crippen molar-refractivity contribution in [1.82, 2.24) is 0 Å². The second-order valence-corrected chi connectivity index (χ2v) is 8.64. The molecule has 0 aromatic rings. The van der Waals surface area contributed by atoms with Gasteiger partial charge in [-0.15, -0.1) is 0 Å². The maximum absolute atomic E-state index is 12.6. The summed E-state index contributed by atoms with van der Waals surface area (Å²) in [6.07, 6.45) is 2.16. The van der Waals surface area contributed by atoms with E-state index in [1.54, 1.807) is 13.8 Å². The molecule has 2 rings (SSSR count). The van der Waals surface area contributed by atoms with Gasteiger partial charge in [0.2, 0.25) is 0 Å². The van der Waals surface area contributed by atoms with Crippen LogP contribution in [0.5, 0.6) is 0 Å². The van der Waals surface area contributed by atoms with E-state index in [0.29, 0.717) is 19.1 Å². The molecule has 0 aromatic heterocycles. The molecule has 0 unspecified atom stereocenters. The van der Waals surface area contributed by atoms with Gasteiger partial charge in [-0.25, -0.2) is 4.57 Å². The van der Waals surface area contributed by atoms with Crippen LogP contribution in [0.3, 0.4) is 0 Å². The first-order valence-electron chi connectivity index (χ1n) is 7.20. The highest BCUT2D eigenvalue weighted by atomic mass is 79.9. The molecule has 1 fully saturated rings. The molecular weight excluding hydrogens is 343 g/mol. The van der Waals surface area contributed by atoms with Gasteiger partial charge in [0.25, 0.3) is 0 Å². The van der Waals surface area contributed by atoms with Crippen molar-refractivity contribution in [1.29, 1.82) is 0 Å². The summed E-state index contributed by atoms with van der Waals surface area (Å²) in [5.74, 6) is 1.17. The van der Waals surface area contributed by atoms with Crippen molar-refractivity contribution in [2.24, 2.45) is 16.7 Å². The average Bonchev–Trinajstić information content (AvgIpc) is 2.64. The van der Waals surface area contributed by atoms with E-state index < -0.39 is 7.82 Å². The Morgan fingerprint density at radius 3 is 2.20 bits per heavy atom. The summed E-state index contributed by atoms with van der Waals surface area (Å²) in [6.45, 7) is 10.8. The summed E-state index contributed by atoms with van der Waals surface area (Å²) in [5, 5.41) is 0. The minimum Gasteiger partial charge on any atom is -0.407 e. The van der Waals surface area contributed by atoms with E-state index in [-0.39, 0.29) is 10.8 Å². The van der Waals surface area contributed by atoms with Crippen LogP contribution in [0.15, 0.2) is 10.2 Å². The molecule has 20 heavy (non-hydrogen) atoms. The zero-order valence-corrected chi connectivity index (χ0v) is 15.3. The van der Waals surface area contributed by atoms with E-state index in [4.69, 9.17) is 13.6 Å². The van der Waals surface area contributed by atoms with Crippen molar-refractivity contribution < 1.29 is 18.1 Å². The lowest BCUT2D eigenvalue weighted by Crippen LogP contribution is -2.30. The Morgan fingerprint density at radius 2 is 1.80 bits per heavy atom. The van der Waals surface area contributed by atoms with Gasteiger partial charge in [-0.1, -0.05) is 36.7 Å². The molecule has 0 heterocycles. The van der Waals surface area contributed by atoms with Crippen LogP contribution in [-0.2, 0) is 18.1 Å². The van der Waals surface area contributed by atoms with Gasteiger partial charge in [0.15, 0.2) is 0 Å². The predicted molar refractivity (Wildman–Crippen MR) is 82.5 cm³/mol. The minimum atomic E-state index is -3.52. The molecule has 2 aliphatic carbocycles. The third-order valence-corrected chi connectivity index (χ3v) is 7.50. The zero-order chi connectivity index (χ0) is 15.2. The predicted octanol–water partition coefficient (Wildman–Crippen LogP) is 5.25. The van der Waals surface area contributed by atoms with Crippen LogP contribution in [0.1, 0.15) is 47.5 Å². The smallest absolute Gasteiger partial charge is 0.407 e. The first-order chi connectivity index (χ1) is 9.22. The second kappa shape index (κ2) is 5.42. The zero-order valence-electron chi connectivity index (χ0n) is 12.9. The van der Waals surface area contributed by atoms with Crippen LogP contribution in [0.2, 0.25) is 0 Å². The number of fused-ring (bicyclic) bond motifs is 2. The Balaban J connectivity index is 2.32. The highest BCUT2D eigenvalue weighted by molar-refractivity contribution is 9.11. The first-order valence-corrected chi connectivity index (χ1v) is 9.46. The highest BCUT2D eigenvalue weighted by Crippen LogP contribution is 2.71. The van der Waals surface area contributed by atoms with Crippen molar-refractivity contribution in [2.45, 2.75) is 47.5 Å². The summed E-state index contributed by atoms with van der Waals surface area (Å²) >= 11 is 3.65. The van der Waals surface area contributed by atoms with Gasteiger partial charge in [0.05, 0.1) is 13.2 Å². The third kappa shape index (κ3) is 2.31. The second-order valence-electron chi connectivity index (χ2n) is 6.20. The molecule has 2 atom stereocenters.